The van der Waals surface area contributed by atoms with Crippen molar-refractivity contribution in [3.05, 3.63) is 0 Å². The molecule has 0 heterocycles. The Morgan fingerprint density at radius 2 is 1.12 bits per heavy atom. The molecule has 0 aliphatic rings. The van der Waals surface area contributed by atoms with Crippen molar-refractivity contribution in [3.63, 3.8) is 0 Å². The van der Waals surface area contributed by atoms with Crippen molar-refractivity contribution in [2.45, 2.75) is 44.5 Å². The first-order valence-electron chi connectivity index (χ1n) is 14.1. The van der Waals surface area contributed by atoms with Crippen LogP contribution in [0.1, 0.15) is 26.2 Å². The van der Waals surface area contributed by atoms with Gasteiger partial charge in [0.2, 0.25) is 0 Å². The summed E-state index contributed by atoms with van der Waals surface area (Å²) in [5.74, 6) is 0.0666. The maximum absolute atomic E-state index is 11.1. The molecular formula is C27H54O15S6. The van der Waals surface area contributed by atoms with Gasteiger partial charge in [-0.25, -0.2) is 22.8 Å². The zero-order chi connectivity index (χ0) is 37.8. The van der Waals surface area contributed by atoms with Crippen molar-refractivity contribution in [1.82, 2.24) is 0 Å². The Labute approximate surface area is 306 Å². The van der Waals surface area contributed by atoms with Gasteiger partial charge in [-0.1, -0.05) is 33.3 Å². The van der Waals surface area contributed by atoms with Crippen LogP contribution in [0.25, 0.3) is 0 Å². The van der Waals surface area contributed by atoms with E-state index in [1.54, 1.807) is 21.6 Å². The van der Waals surface area contributed by atoms with Crippen LogP contribution in [-0.2, 0) is 61.2 Å². The van der Waals surface area contributed by atoms with Gasteiger partial charge in [-0.05, 0) is 48.3 Å². The van der Waals surface area contributed by atoms with E-state index in [0.717, 1.165) is 47.3 Å². The largest absolute Gasteiger partial charge is 0.479 e. The molecule has 0 radical (unpaired) electrons. The van der Waals surface area contributed by atoms with Crippen LogP contribution in [0.15, 0.2) is 0 Å². The van der Waals surface area contributed by atoms with E-state index in [0.29, 0.717) is 19.8 Å². The Bertz CT molecular complexity index is 897. The lowest BCUT2D eigenvalue weighted by Crippen LogP contribution is -2.29. The molecule has 0 aromatic rings. The quantitative estimate of drug-likeness (QED) is 0.0524. The van der Waals surface area contributed by atoms with Gasteiger partial charge in [-0.2, -0.15) is 12.6 Å². The van der Waals surface area contributed by atoms with Crippen LogP contribution >= 0.6 is 56.8 Å². The lowest BCUT2D eigenvalue weighted by atomic mass is 10.4. The summed E-state index contributed by atoms with van der Waals surface area (Å²) in [7, 11) is 7.04. The smallest absolute Gasteiger partial charge is 0.337 e. The third-order valence-electron chi connectivity index (χ3n) is 4.80. The molecule has 0 rings (SSSR count). The van der Waals surface area contributed by atoms with E-state index in [1.165, 1.54) is 59.6 Å². The van der Waals surface area contributed by atoms with E-state index >= 15 is 0 Å². The number of carboxylic acid groups (broad SMARTS) is 2. The van der Waals surface area contributed by atoms with Crippen molar-refractivity contribution in [2.75, 3.05) is 104 Å². The van der Waals surface area contributed by atoms with Gasteiger partial charge in [0.05, 0.1) is 26.9 Å². The summed E-state index contributed by atoms with van der Waals surface area (Å²) in [5, 5.41) is 17.2. The average Bonchev–Trinajstić information content (AvgIpc) is 3.04. The number of ether oxygens (including phenoxy) is 7. The summed E-state index contributed by atoms with van der Waals surface area (Å²) < 4.78 is 54.1. The van der Waals surface area contributed by atoms with Gasteiger partial charge in [0, 0.05) is 65.8 Å². The Kier molecular flexibility index (Phi) is 44.5. The number of thiol groups is 1. The molecule has 2 N–H and O–H groups in total. The van der Waals surface area contributed by atoms with Crippen LogP contribution in [0.5, 0.6) is 0 Å². The monoisotopic (exact) mass is 810 g/mol. The number of esters is 1. The van der Waals surface area contributed by atoms with Crippen LogP contribution in [0.3, 0.4) is 0 Å². The molecular weight excluding hydrogens is 757 g/mol. The van der Waals surface area contributed by atoms with Gasteiger partial charge >= 0.3 is 17.9 Å². The molecule has 0 fully saturated rings. The van der Waals surface area contributed by atoms with Crippen LogP contribution in [-0.4, -0.2) is 164 Å². The minimum Gasteiger partial charge on any atom is -0.479 e. The summed E-state index contributed by atoms with van der Waals surface area (Å²) >= 11 is 5.25. The van der Waals surface area contributed by atoms with E-state index in [9.17, 15) is 27.6 Å². The Hall–Kier alpha value is -0.460. The third kappa shape index (κ3) is 43.6. The number of thioether (sulfide) groups is 1. The topological polar surface area (TPSA) is 207 Å². The molecule has 288 valence electrons. The van der Waals surface area contributed by atoms with Crippen molar-refractivity contribution in [3.8, 4) is 0 Å². The Balaban J connectivity index is -0.000000281. The average molecular weight is 811 g/mol. The van der Waals surface area contributed by atoms with E-state index in [-0.39, 0.29) is 24.9 Å². The third-order valence-corrected chi connectivity index (χ3v) is 10.3. The summed E-state index contributed by atoms with van der Waals surface area (Å²) in [6.07, 6.45) is 4.88. The first-order chi connectivity index (χ1) is 22.6. The second-order valence-electron chi connectivity index (χ2n) is 8.58. The molecule has 0 bridgehead atoms. The van der Waals surface area contributed by atoms with E-state index in [4.69, 9.17) is 33.9 Å². The minimum absolute atomic E-state index is 0.0968. The molecule has 15 nitrogen and oxygen atoms in total. The summed E-state index contributed by atoms with van der Waals surface area (Å²) in [4.78, 5) is 42.5. The summed E-state index contributed by atoms with van der Waals surface area (Å²) in [6.45, 7) is 3.53. The minimum atomic E-state index is -2.75. The molecule has 0 aliphatic heterocycles. The highest BCUT2D eigenvalue weighted by Gasteiger charge is 2.18. The zero-order valence-corrected chi connectivity index (χ0v) is 33.9. The second-order valence-corrected chi connectivity index (χ2v) is 17.5. The number of hydrogen-bond donors (Lipinski definition) is 3. The summed E-state index contributed by atoms with van der Waals surface area (Å²) in [5.41, 5.74) is 0. The fourth-order valence-corrected chi connectivity index (χ4v) is 4.20. The van der Waals surface area contributed by atoms with Gasteiger partial charge in [0.25, 0.3) is 0 Å². The zero-order valence-electron chi connectivity index (χ0n) is 28.9. The molecule has 3 unspecified atom stereocenters. The number of aliphatic carboxylic acids is 2. The van der Waals surface area contributed by atoms with E-state index in [2.05, 4.69) is 22.1 Å². The molecule has 21 heteroatoms. The maximum Gasteiger partial charge on any atom is 0.337 e. The van der Waals surface area contributed by atoms with Gasteiger partial charge in [-0.15, -0.1) is 0 Å². The molecule has 0 aromatic heterocycles. The highest BCUT2D eigenvalue weighted by molar-refractivity contribution is 8.76. The normalized spacial score (nSPS) is 12.4. The highest BCUT2D eigenvalue weighted by atomic mass is 33.1. The highest BCUT2D eigenvalue weighted by Crippen LogP contribution is 2.17. The Morgan fingerprint density at radius 3 is 1.44 bits per heavy atom. The fraction of sp³-hybridized carbons (Fsp3) is 0.852. The molecule has 0 spiro atoms. The van der Waals surface area contributed by atoms with Gasteiger partial charge < -0.3 is 43.4 Å². The number of rotatable bonds is 25. The summed E-state index contributed by atoms with van der Waals surface area (Å²) in [6, 6.07) is 0. The lowest BCUT2D eigenvalue weighted by molar-refractivity contribution is -0.156. The van der Waals surface area contributed by atoms with Crippen LogP contribution < -0.4 is 0 Å². The molecule has 0 saturated heterocycles. The first-order valence-corrected chi connectivity index (χ1v) is 22.1. The molecule has 0 saturated carbocycles. The number of hydrogen-bond acceptors (Lipinski definition) is 18. The fourth-order valence-electron chi connectivity index (χ4n) is 2.26. The maximum atomic E-state index is 11.1. The number of carbonyl (C=O) groups is 4. The van der Waals surface area contributed by atoms with Gasteiger partial charge in [0.15, 0.2) is 32.3 Å². The standard InChI is InChI=1S/C10H18O5S.C8H16O4S2.C7H14O4S.C2H6O2S2/c1-8(11)16-6-4-5-15-7-9(13-2)10(12)14-3;1-11-7(8(9)10)6-12-4-3-5-14-13-2;1-10-6(7(8)9)5-11-3-2-4-12;1-5-6(2,3)4/h9H,4-7H2,1-3H3;7H,3-6H2,1-2H3,(H,9,10);6,12H,2-5H2,1H3,(H,8,9);1-2H3. The van der Waals surface area contributed by atoms with Crippen LogP contribution in [0.2, 0.25) is 0 Å². The Morgan fingerprint density at radius 1 is 0.729 bits per heavy atom. The SMILES string of the molecule is COC(=O)C(COCCCSC(C)=O)OC.COC(COCCCS)C(=O)O.COC(COCCCSSC)C(=O)O.CSS(C)(=O)=O. The predicted molar refractivity (Wildman–Crippen MR) is 197 cm³/mol. The van der Waals surface area contributed by atoms with Gasteiger partial charge in [-0.3, -0.25) is 4.79 Å². The van der Waals surface area contributed by atoms with Crippen molar-refractivity contribution < 1.29 is 71.0 Å². The van der Waals surface area contributed by atoms with Gasteiger partial charge in [0.1, 0.15) is 0 Å². The lowest BCUT2D eigenvalue weighted by Gasteiger charge is -2.12. The van der Waals surface area contributed by atoms with Crippen molar-refractivity contribution in [1.29, 1.82) is 0 Å². The molecule has 3 atom stereocenters. The molecule has 48 heavy (non-hydrogen) atoms. The molecule has 0 aromatic carbocycles. The second kappa shape index (κ2) is 39.3. The number of carbonyl (C=O) groups excluding carboxylic acids is 2. The van der Waals surface area contributed by atoms with E-state index < -0.39 is 45.1 Å². The first kappa shape index (κ1) is 54.3. The number of methoxy groups -OCH3 is 4. The van der Waals surface area contributed by atoms with E-state index in [1.807, 2.05) is 6.26 Å². The van der Waals surface area contributed by atoms with Crippen LogP contribution in [0.4, 0.5) is 0 Å². The van der Waals surface area contributed by atoms with Crippen molar-refractivity contribution in [2.24, 2.45) is 0 Å². The molecule has 0 aliphatic carbocycles. The van der Waals surface area contributed by atoms with Crippen molar-refractivity contribution >= 4 is 88.7 Å². The predicted octanol–water partition coefficient (Wildman–Crippen LogP) is 3.10. The molecule has 0 amide bonds. The van der Waals surface area contributed by atoms with Crippen LogP contribution in [0, 0.1) is 0 Å². The number of carboxylic acids is 2.